The van der Waals surface area contributed by atoms with E-state index < -0.39 is 0 Å². The molecule has 180 valence electrons. The highest BCUT2D eigenvalue weighted by Crippen LogP contribution is 2.38. The maximum Gasteiger partial charge on any atom is 0.210 e. The van der Waals surface area contributed by atoms with E-state index >= 15 is 0 Å². The van der Waals surface area contributed by atoms with Crippen molar-refractivity contribution in [2.24, 2.45) is 0 Å². The van der Waals surface area contributed by atoms with E-state index in [4.69, 9.17) is 34.8 Å². The number of halogens is 4. The molecule has 1 aromatic heterocycles. The van der Waals surface area contributed by atoms with E-state index in [1.807, 2.05) is 36.4 Å². The molecular formula is C25H21Cl3FN5S. The van der Waals surface area contributed by atoms with Gasteiger partial charge in [0.15, 0.2) is 0 Å². The van der Waals surface area contributed by atoms with Gasteiger partial charge < -0.3 is 10.2 Å². The van der Waals surface area contributed by atoms with Gasteiger partial charge in [0.05, 0.1) is 21.8 Å². The van der Waals surface area contributed by atoms with Crippen molar-refractivity contribution < 1.29 is 4.39 Å². The lowest BCUT2D eigenvalue weighted by Gasteiger charge is -2.40. The number of nitrogens with zero attached hydrogens (tertiary/aromatic N) is 4. The summed E-state index contributed by atoms with van der Waals surface area (Å²) in [6, 6.07) is 19.5. The third-order valence-electron chi connectivity index (χ3n) is 5.92. The molecule has 5 rings (SSSR count). The van der Waals surface area contributed by atoms with Crippen molar-refractivity contribution in [1.29, 1.82) is 0 Å². The first kappa shape index (κ1) is 24.3. The van der Waals surface area contributed by atoms with Crippen molar-refractivity contribution in [3.63, 3.8) is 0 Å². The first-order valence-electron chi connectivity index (χ1n) is 11.0. The number of rotatable bonds is 6. The van der Waals surface area contributed by atoms with Crippen LogP contribution < -0.4 is 10.2 Å². The second-order valence-electron chi connectivity index (χ2n) is 8.10. The summed E-state index contributed by atoms with van der Waals surface area (Å²) in [5.74, 6) is -0.287. The molecule has 5 nitrogen and oxygen atoms in total. The van der Waals surface area contributed by atoms with Crippen molar-refractivity contribution in [3.05, 3.63) is 98.2 Å². The molecule has 1 N–H and O–H groups in total. The molecule has 1 aliphatic rings. The first-order valence-corrected chi connectivity index (χ1v) is 13.0. The van der Waals surface area contributed by atoms with E-state index in [9.17, 15) is 4.39 Å². The van der Waals surface area contributed by atoms with Crippen molar-refractivity contribution in [1.82, 2.24) is 15.1 Å². The molecule has 1 fully saturated rings. The average molecular weight is 549 g/mol. The van der Waals surface area contributed by atoms with Crippen molar-refractivity contribution in [2.75, 3.05) is 36.4 Å². The Hall–Kier alpha value is -2.42. The molecule has 0 saturated carbocycles. The number of anilines is 3. The van der Waals surface area contributed by atoms with Gasteiger partial charge in [0.1, 0.15) is 10.8 Å². The van der Waals surface area contributed by atoms with E-state index in [-0.39, 0.29) is 11.9 Å². The van der Waals surface area contributed by atoms with E-state index in [0.717, 1.165) is 48.1 Å². The molecule has 1 unspecified atom stereocenters. The molecule has 1 atom stereocenters. The molecule has 0 radical (unpaired) electrons. The second kappa shape index (κ2) is 10.7. The lowest BCUT2D eigenvalue weighted by molar-refractivity contribution is 0.211. The van der Waals surface area contributed by atoms with Gasteiger partial charge in [0, 0.05) is 36.9 Å². The van der Waals surface area contributed by atoms with Gasteiger partial charge in [-0.3, -0.25) is 4.90 Å². The Morgan fingerprint density at radius 1 is 0.829 bits per heavy atom. The highest BCUT2D eigenvalue weighted by Gasteiger charge is 2.31. The predicted molar refractivity (Wildman–Crippen MR) is 143 cm³/mol. The highest BCUT2D eigenvalue weighted by atomic mass is 35.5. The van der Waals surface area contributed by atoms with Crippen LogP contribution in [0.1, 0.15) is 16.6 Å². The van der Waals surface area contributed by atoms with Gasteiger partial charge in [-0.2, -0.15) is 0 Å². The van der Waals surface area contributed by atoms with Crippen LogP contribution in [-0.2, 0) is 0 Å². The largest absolute Gasteiger partial charge is 0.368 e. The third kappa shape index (κ3) is 5.39. The smallest absolute Gasteiger partial charge is 0.210 e. The van der Waals surface area contributed by atoms with Gasteiger partial charge in [-0.05, 0) is 48.0 Å². The SMILES string of the molecule is Fc1ccc(Nc2nnc(C(c3ccccc3Cl)N3CCN(c4cccc(Cl)c4Cl)CC3)s2)cc1. The van der Waals surface area contributed by atoms with Gasteiger partial charge in [-0.15, -0.1) is 10.2 Å². The van der Waals surface area contributed by atoms with Crippen LogP contribution >= 0.6 is 46.1 Å². The molecule has 0 aliphatic carbocycles. The third-order valence-corrected chi connectivity index (χ3v) is 7.97. The zero-order chi connectivity index (χ0) is 24.4. The maximum atomic E-state index is 13.3. The van der Waals surface area contributed by atoms with Crippen LogP contribution in [0.3, 0.4) is 0 Å². The Kier molecular flexibility index (Phi) is 7.41. The molecule has 0 spiro atoms. The lowest BCUT2D eigenvalue weighted by Crippen LogP contribution is -2.48. The van der Waals surface area contributed by atoms with Crippen LogP contribution in [-0.4, -0.2) is 41.3 Å². The van der Waals surface area contributed by atoms with E-state index in [1.165, 1.54) is 23.5 Å². The van der Waals surface area contributed by atoms with Gasteiger partial charge in [0.2, 0.25) is 5.13 Å². The fourth-order valence-corrected chi connectivity index (χ4v) is 5.76. The zero-order valence-corrected chi connectivity index (χ0v) is 21.5. The summed E-state index contributed by atoms with van der Waals surface area (Å²) >= 11 is 20.8. The normalized spacial score (nSPS) is 15.3. The monoisotopic (exact) mass is 547 g/mol. The Balaban J connectivity index is 1.39. The van der Waals surface area contributed by atoms with Crippen LogP contribution in [0.4, 0.5) is 20.9 Å². The van der Waals surface area contributed by atoms with Gasteiger partial charge in [0.25, 0.3) is 0 Å². The topological polar surface area (TPSA) is 44.3 Å². The fraction of sp³-hybridized carbons (Fsp3) is 0.200. The maximum absolute atomic E-state index is 13.3. The molecule has 0 amide bonds. The molecule has 4 aromatic rings. The molecule has 10 heteroatoms. The van der Waals surface area contributed by atoms with Crippen LogP contribution in [0.25, 0.3) is 0 Å². The molecule has 3 aromatic carbocycles. The minimum absolute atomic E-state index is 0.151. The Morgan fingerprint density at radius 2 is 1.54 bits per heavy atom. The number of benzene rings is 3. The number of hydrogen-bond acceptors (Lipinski definition) is 6. The molecular weight excluding hydrogens is 528 g/mol. The van der Waals surface area contributed by atoms with Crippen molar-refractivity contribution >= 4 is 62.6 Å². The first-order chi connectivity index (χ1) is 17.0. The minimum atomic E-state index is -0.287. The second-order valence-corrected chi connectivity index (χ2v) is 10.3. The van der Waals surface area contributed by atoms with Gasteiger partial charge in [-0.25, -0.2) is 4.39 Å². The highest BCUT2D eigenvalue weighted by molar-refractivity contribution is 7.15. The quantitative estimate of drug-likeness (QED) is 0.274. The van der Waals surface area contributed by atoms with Gasteiger partial charge in [-0.1, -0.05) is 70.4 Å². The molecule has 1 saturated heterocycles. The van der Waals surface area contributed by atoms with E-state index in [0.29, 0.717) is 20.2 Å². The van der Waals surface area contributed by atoms with Crippen LogP contribution in [0.2, 0.25) is 15.1 Å². The molecule has 35 heavy (non-hydrogen) atoms. The number of nitrogens with one attached hydrogen (secondary N) is 1. The van der Waals surface area contributed by atoms with Crippen LogP contribution in [0, 0.1) is 5.82 Å². The average Bonchev–Trinajstić information content (AvgIpc) is 3.32. The number of piperazine rings is 1. The van der Waals surface area contributed by atoms with E-state index in [2.05, 4.69) is 25.3 Å². The zero-order valence-electron chi connectivity index (χ0n) is 18.5. The Labute approximate surface area is 222 Å². The summed E-state index contributed by atoms with van der Waals surface area (Å²) in [7, 11) is 0. The minimum Gasteiger partial charge on any atom is -0.368 e. The standard InChI is InChI=1S/C25H21Cl3FN5S/c26-19-5-2-1-4-18(19)23(24-31-32-25(35-24)30-17-10-8-16(29)9-11-17)34-14-12-33(13-15-34)21-7-3-6-20(27)22(21)28/h1-11,23H,12-15H2,(H,30,32). The summed E-state index contributed by atoms with van der Waals surface area (Å²) in [5, 5.41) is 15.3. The molecule has 1 aliphatic heterocycles. The van der Waals surface area contributed by atoms with Gasteiger partial charge >= 0.3 is 0 Å². The number of hydrogen-bond donors (Lipinski definition) is 1. The number of aromatic nitrogens is 2. The van der Waals surface area contributed by atoms with E-state index in [1.54, 1.807) is 18.2 Å². The van der Waals surface area contributed by atoms with Crippen molar-refractivity contribution in [3.8, 4) is 0 Å². The molecule has 2 heterocycles. The van der Waals surface area contributed by atoms with Crippen molar-refractivity contribution in [2.45, 2.75) is 6.04 Å². The summed E-state index contributed by atoms with van der Waals surface area (Å²) in [5.41, 5.74) is 2.66. The summed E-state index contributed by atoms with van der Waals surface area (Å²) in [6.07, 6.45) is 0. The Bertz CT molecular complexity index is 1310. The van der Waals surface area contributed by atoms with Crippen LogP contribution in [0.15, 0.2) is 66.7 Å². The summed E-state index contributed by atoms with van der Waals surface area (Å²) in [6.45, 7) is 3.11. The Morgan fingerprint density at radius 3 is 2.29 bits per heavy atom. The fourth-order valence-electron chi connectivity index (χ4n) is 4.19. The summed E-state index contributed by atoms with van der Waals surface area (Å²) in [4.78, 5) is 4.61. The predicted octanol–water partition coefficient (Wildman–Crippen LogP) is 7.29. The molecule has 0 bridgehead atoms. The summed E-state index contributed by atoms with van der Waals surface area (Å²) < 4.78 is 13.3. The van der Waals surface area contributed by atoms with Crippen LogP contribution in [0.5, 0.6) is 0 Å². The lowest BCUT2D eigenvalue weighted by atomic mass is 10.0.